The predicted molar refractivity (Wildman–Crippen MR) is 66.7 cm³/mol. The Kier molecular flexibility index (Phi) is 3.14. The molecule has 0 nitrogen and oxygen atoms in total. The van der Waals surface area contributed by atoms with Gasteiger partial charge in [-0.25, -0.2) is 0 Å². The van der Waals surface area contributed by atoms with E-state index in [1.165, 1.54) is 19.3 Å². The van der Waals surface area contributed by atoms with Gasteiger partial charge in [-0.2, -0.15) is 0 Å². The van der Waals surface area contributed by atoms with Crippen molar-refractivity contribution >= 4 is 0 Å². The Hall–Kier alpha value is 0. The Labute approximate surface area is 95.8 Å². The van der Waals surface area contributed by atoms with Crippen LogP contribution in [0.1, 0.15) is 53.9 Å². The van der Waals surface area contributed by atoms with Crippen LogP contribution in [0.5, 0.6) is 0 Å². The van der Waals surface area contributed by atoms with Crippen molar-refractivity contribution < 1.29 is 0 Å². The first-order valence-electron chi connectivity index (χ1n) is 7.11. The molecule has 0 amide bonds. The highest BCUT2D eigenvalue weighted by Crippen LogP contribution is 2.59. The molecule has 0 spiro atoms. The number of hydrogen-bond acceptors (Lipinski definition) is 0. The third-order valence-corrected chi connectivity index (χ3v) is 5.72. The normalized spacial score (nSPS) is 51.0. The summed E-state index contributed by atoms with van der Waals surface area (Å²) < 4.78 is 0. The molecule has 0 radical (unpaired) electrons. The molecule has 0 bridgehead atoms. The highest BCUT2D eigenvalue weighted by Gasteiger charge is 2.53. The quantitative estimate of drug-likeness (QED) is 0.633. The van der Waals surface area contributed by atoms with Crippen LogP contribution in [0.3, 0.4) is 0 Å². The lowest BCUT2D eigenvalue weighted by molar-refractivity contribution is 0.0214. The third kappa shape index (κ3) is 1.74. The van der Waals surface area contributed by atoms with Crippen molar-refractivity contribution in [3.05, 3.63) is 0 Å². The molecule has 7 unspecified atom stereocenters. The zero-order valence-electron chi connectivity index (χ0n) is 11.2. The molecule has 0 saturated heterocycles. The van der Waals surface area contributed by atoms with Gasteiger partial charge in [-0.3, -0.25) is 0 Å². The summed E-state index contributed by atoms with van der Waals surface area (Å²) in [6, 6.07) is 0. The van der Waals surface area contributed by atoms with Gasteiger partial charge in [-0.1, -0.05) is 47.5 Å². The molecule has 0 aromatic rings. The van der Waals surface area contributed by atoms with Gasteiger partial charge in [-0.15, -0.1) is 0 Å². The molecule has 2 fully saturated rings. The van der Waals surface area contributed by atoms with Crippen LogP contribution in [0.2, 0.25) is 0 Å². The Morgan fingerprint density at radius 1 is 1.07 bits per heavy atom. The summed E-state index contributed by atoms with van der Waals surface area (Å²) in [4.78, 5) is 0. The van der Waals surface area contributed by atoms with Gasteiger partial charge in [0.15, 0.2) is 0 Å². The minimum atomic E-state index is 0.999. The zero-order valence-corrected chi connectivity index (χ0v) is 11.2. The first-order valence-corrected chi connectivity index (χ1v) is 7.11. The van der Waals surface area contributed by atoms with Crippen molar-refractivity contribution in [3.63, 3.8) is 0 Å². The molecule has 2 rings (SSSR count). The fourth-order valence-electron chi connectivity index (χ4n) is 4.80. The molecule has 2 aliphatic carbocycles. The van der Waals surface area contributed by atoms with Crippen molar-refractivity contribution in [1.82, 2.24) is 0 Å². The summed E-state index contributed by atoms with van der Waals surface area (Å²) in [6.45, 7) is 12.2. The fourth-order valence-corrected chi connectivity index (χ4v) is 4.80. The van der Waals surface area contributed by atoms with E-state index < -0.39 is 0 Å². The van der Waals surface area contributed by atoms with Crippen LogP contribution < -0.4 is 0 Å². The van der Waals surface area contributed by atoms with Gasteiger partial charge < -0.3 is 0 Å². The molecule has 2 aliphatic rings. The van der Waals surface area contributed by atoms with Gasteiger partial charge in [0.05, 0.1) is 0 Å². The largest absolute Gasteiger partial charge is 0.0651 e. The van der Waals surface area contributed by atoms with E-state index in [4.69, 9.17) is 0 Å². The van der Waals surface area contributed by atoms with E-state index in [9.17, 15) is 0 Å². The van der Waals surface area contributed by atoms with E-state index in [0.29, 0.717) is 0 Å². The lowest BCUT2D eigenvalue weighted by Gasteiger charge is -2.47. The Morgan fingerprint density at radius 2 is 1.73 bits per heavy atom. The second-order valence-corrected chi connectivity index (χ2v) is 6.33. The molecule has 15 heavy (non-hydrogen) atoms. The maximum absolute atomic E-state index is 2.54. The monoisotopic (exact) mass is 208 g/mol. The van der Waals surface area contributed by atoms with E-state index >= 15 is 0 Å². The van der Waals surface area contributed by atoms with E-state index in [1.807, 2.05) is 0 Å². The molecule has 0 aromatic heterocycles. The van der Waals surface area contributed by atoms with E-state index in [-0.39, 0.29) is 0 Å². The average molecular weight is 208 g/mol. The van der Waals surface area contributed by atoms with Crippen LogP contribution in [-0.4, -0.2) is 0 Å². The first kappa shape index (κ1) is 11.5. The molecule has 88 valence electrons. The maximum atomic E-state index is 2.54. The lowest BCUT2D eigenvalue weighted by atomic mass is 9.58. The van der Waals surface area contributed by atoms with Gasteiger partial charge in [-0.05, 0) is 47.8 Å². The minimum absolute atomic E-state index is 0.999. The molecule has 0 N–H and O–H groups in total. The Balaban J connectivity index is 1.93. The van der Waals surface area contributed by atoms with Crippen LogP contribution in [0.4, 0.5) is 0 Å². The molecule has 7 atom stereocenters. The minimum Gasteiger partial charge on any atom is -0.0651 e. The standard InChI is InChI=1S/C15H28/c1-6-12-8-9(3)14(12)11(5)15-10(4)13(15)7-2/h9-15H,6-8H2,1-5H3. The topological polar surface area (TPSA) is 0 Å². The SMILES string of the molecule is CCC1CC(C)C1C(C)C1C(C)C1CC. The number of rotatable bonds is 4. The second-order valence-electron chi connectivity index (χ2n) is 6.33. The van der Waals surface area contributed by atoms with E-state index in [1.54, 1.807) is 0 Å². The summed E-state index contributed by atoms with van der Waals surface area (Å²) in [5.41, 5.74) is 0. The van der Waals surface area contributed by atoms with Crippen LogP contribution in [0.25, 0.3) is 0 Å². The second kappa shape index (κ2) is 4.11. The first-order chi connectivity index (χ1) is 7.11. The molecule has 0 heterocycles. The van der Waals surface area contributed by atoms with Crippen molar-refractivity contribution in [3.8, 4) is 0 Å². The molecule has 0 heteroatoms. The highest BCUT2D eigenvalue weighted by molar-refractivity contribution is 5.01. The Bertz CT molecular complexity index is 220. The zero-order chi connectivity index (χ0) is 11.2. The molecule has 0 aliphatic heterocycles. The third-order valence-electron chi connectivity index (χ3n) is 5.72. The van der Waals surface area contributed by atoms with Gasteiger partial charge in [0, 0.05) is 0 Å². The lowest BCUT2D eigenvalue weighted by Crippen LogP contribution is -2.40. The van der Waals surface area contributed by atoms with Crippen molar-refractivity contribution in [1.29, 1.82) is 0 Å². The summed E-state index contributed by atoms with van der Waals surface area (Å²) in [5.74, 6) is 7.27. The summed E-state index contributed by atoms with van der Waals surface area (Å²) in [5, 5.41) is 0. The smallest absolute Gasteiger partial charge is 0.0326 e. The summed E-state index contributed by atoms with van der Waals surface area (Å²) in [6.07, 6.45) is 4.33. The van der Waals surface area contributed by atoms with Gasteiger partial charge >= 0.3 is 0 Å². The van der Waals surface area contributed by atoms with Crippen molar-refractivity contribution in [2.24, 2.45) is 41.4 Å². The molecule has 0 aromatic carbocycles. The predicted octanol–water partition coefficient (Wildman–Crippen LogP) is 4.60. The van der Waals surface area contributed by atoms with Gasteiger partial charge in [0.25, 0.3) is 0 Å². The summed E-state index contributed by atoms with van der Waals surface area (Å²) >= 11 is 0. The van der Waals surface area contributed by atoms with Crippen molar-refractivity contribution in [2.75, 3.05) is 0 Å². The summed E-state index contributed by atoms with van der Waals surface area (Å²) in [7, 11) is 0. The van der Waals surface area contributed by atoms with Crippen LogP contribution in [0.15, 0.2) is 0 Å². The highest BCUT2D eigenvalue weighted by atomic mass is 14.6. The molecule has 2 saturated carbocycles. The maximum Gasteiger partial charge on any atom is -0.0326 e. The van der Waals surface area contributed by atoms with E-state index in [0.717, 1.165) is 41.4 Å². The van der Waals surface area contributed by atoms with E-state index in [2.05, 4.69) is 34.6 Å². The molecular formula is C15H28. The van der Waals surface area contributed by atoms with Crippen LogP contribution in [-0.2, 0) is 0 Å². The van der Waals surface area contributed by atoms with Crippen molar-refractivity contribution in [2.45, 2.75) is 53.9 Å². The van der Waals surface area contributed by atoms with Crippen LogP contribution >= 0.6 is 0 Å². The molecular weight excluding hydrogens is 180 g/mol. The number of hydrogen-bond donors (Lipinski definition) is 0. The Morgan fingerprint density at radius 3 is 2.13 bits per heavy atom. The van der Waals surface area contributed by atoms with Gasteiger partial charge in [0.1, 0.15) is 0 Å². The van der Waals surface area contributed by atoms with Gasteiger partial charge in [0.2, 0.25) is 0 Å². The van der Waals surface area contributed by atoms with Crippen LogP contribution in [0, 0.1) is 41.4 Å². The fraction of sp³-hybridized carbons (Fsp3) is 1.00. The average Bonchev–Trinajstić information content (AvgIpc) is 2.84.